The molecule has 0 saturated carbocycles. The van der Waals surface area contributed by atoms with Gasteiger partial charge < -0.3 is 21.1 Å². The highest BCUT2D eigenvalue weighted by atomic mass is 16.5. The van der Waals surface area contributed by atoms with E-state index in [1.165, 1.54) is 0 Å². The lowest BCUT2D eigenvalue weighted by Crippen LogP contribution is -2.47. The molecule has 4 N–H and O–H groups in total. The zero-order chi connectivity index (χ0) is 17.9. The van der Waals surface area contributed by atoms with Gasteiger partial charge in [-0.1, -0.05) is 42.0 Å². The van der Waals surface area contributed by atoms with Crippen LogP contribution in [0.25, 0.3) is 0 Å². The molecule has 24 heavy (non-hydrogen) atoms. The Hall–Kier alpha value is -2.83. The fourth-order valence-corrected chi connectivity index (χ4v) is 1.77. The highest BCUT2D eigenvalue weighted by molar-refractivity contribution is 5.88. The Morgan fingerprint density at radius 3 is 2.46 bits per heavy atom. The number of primary amides is 1. The molecule has 7 heteroatoms. The first-order valence-electron chi connectivity index (χ1n) is 7.55. The number of ether oxygens (including phenoxy) is 1. The largest absolute Gasteiger partial charge is 0.445 e. The number of carbonyl (C=O) groups is 3. The summed E-state index contributed by atoms with van der Waals surface area (Å²) >= 11 is 0. The third kappa shape index (κ3) is 7.98. The monoisotopic (exact) mass is 333 g/mol. The number of allylic oxidation sites excluding steroid dienone is 1. The molecule has 1 aromatic rings. The van der Waals surface area contributed by atoms with E-state index in [1.54, 1.807) is 6.08 Å². The van der Waals surface area contributed by atoms with Crippen LogP contribution in [0, 0.1) is 0 Å². The summed E-state index contributed by atoms with van der Waals surface area (Å²) in [7, 11) is 0. The Balaban J connectivity index is 2.34. The lowest BCUT2D eigenvalue weighted by molar-refractivity contribution is -0.126. The van der Waals surface area contributed by atoms with Gasteiger partial charge in [-0.25, -0.2) is 4.79 Å². The first-order valence-corrected chi connectivity index (χ1v) is 7.55. The minimum absolute atomic E-state index is 0.110. The fraction of sp³-hybridized carbons (Fsp3) is 0.353. The molecule has 0 unspecified atom stereocenters. The Kier molecular flexibility index (Phi) is 8.04. The minimum atomic E-state index is -0.811. The fourth-order valence-electron chi connectivity index (χ4n) is 1.77. The molecular weight excluding hydrogens is 310 g/mol. The topological polar surface area (TPSA) is 111 Å². The standard InChI is InChI=1S/C17H23N3O4/c1-12(2)8-9-14(16(18)22)20-15(21)10-19-17(23)24-11-13-6-4-3-5-7-13/h3-8,14H,9-11H2,1-2H3,(H2,18,22)(H,19,23)(H,20,21)/t14-/m1/s1. The lowest BCUT2D eigenvalue weighted by atomic mass is 10.1. The maximum absolute atomic E-state index is 11.8. The van der Waals surface area contributed by atoms with E-state index in [2.05, 4.69) is 10.6 Å². The van der Waals surface area contributed by atoms with Crippen LogP contribution >= 0.6 is 0 Å². The summed E-state index contributed by atoms with van der Waals surface area (Å²) in [4.78, 5) is 34.6. The molecule has 3 amide bonds. The predicted molar refractivity (Wildman–Crippen MR) is 89.8 cm³/mol. The molecule has 130 valence electrons. The molecule has 0 saturated heterocycles. The van der Waals surface area contributed by atoms with Crippen molar-refractivity contribution in [1.29, 1.82) is 0 Å². The van der Waals surface area contributed by atoms with Crippen LogP contribution in [-0.4, -0.2) is 30.5 Å². The van der Waals surface area contributed by atoms with Crippen molar-refractivity contribution in [1.82, 2.24) is 10.6 Å². The van der Waals surface area contributed by atoms with Crippen molar-refractivity contribution < 1.29 is 19.1 Å². The number of hydrogen-bond acceptors (Lipinski definition) is 4. The van der Waals surface area contributed by atoms with Crippen molar-refractivity contribution in [2.24, 2.45) is 5.73 Å². The molecule has 7 nitrogen and oxygen atoms in total. The molecule has 0 bridgehead atoms. The number of rotatable bonds is 8. The summed E-state index contributed by atoms with van der Waals surface area (Å²) in [6, 6.07) is 8.36. The predicted octanol–water partition coefficient (Wildman–Crippen LogP) is 1.24. The summed E-state index contributed by atoms with van der Waals surface area (Å²) in [6.07, 6.45) is 1.40. The Morgan fingerprint density at radius 1 is 1.21 bits per heavy atom. The molecule has 0 radical (unpaired) electrons. The number of carbonyl (C=O) groups excluding carboxylic acids is 3. The van der Waals surface area contributed by atoms with Crippen molar-refractivity contribution in [3.8, 4) is 0 Å². The van der Waals surface area contributed by atoms with Gasteiger partial charge in [0.15, 0.2) is 0 Å². The van der Waals surface area contributed by atoms with E-state index in [9.17, 15) is 14.4 Å². The van der Waals surface area contributed by atoms with Crippen molar-refractivity contribution >= 4 is 17.9 Å². The molecule has 0 aliphatic carbocycles. The third-order valence-corrected chi connectivity index (χ3v) is 3.05. The van der Waals surface area contributed by atoms with E-state index < -0.39 is 23.9 Å². The van der Waals surface area contributed by atoms with Gasteiger partial charge in [0.1, 0.15) is 19.2 Å². The van der Waals surface area contributed by atoms with Gasteiger partial charge in [0.2, 0.25) is 11.8 Å². The molecule has 0 aliphatic heterocycles. The lowest BCUT2D eigenvalue weighted by Gasteiger charge is -2.14. The first-order chi connectivity index (χ1) is 11.4. The highest BCUT2D eigenvalue weighted by Gasteiger charge is 2.17. The number of alkyl carbamates (subject to hydrolysis) is 1. The zero-order valence-electron chi connectivity index (χ0n) is 13.9. The summed E-state index contributed by atoms with van der Waals surface area (Å²) in [6.45, 7) is 3.57. The van der Waals surface area contributed by atoms with Gasteiger partial charge in [0.25, 0.3) is 0 Å². The zero-order valence-corrected chi connectivity index (χ0v) is 13.9. The summed E-state index contributed by atoms with van der Waals surface area (Å²) in [5.41, 5.74) is 7.10. The summed E-state index contributed by atoms with van der Waals surface area (Å²) in [5, 5.41) is 4.79. The second-order valence-corrected chi connectivity index (χ2v) is 5.45. The van der Waals surface area contributed by atoms with Crippen molar-refractivity contribution in [3.05, 3.63) is 47.5 Å². The second-order valence-electron chi connectivity index (χ2n) is 5.45. The molecule has 1 rings (SSSR count). The number of benzene rings is 1. The van der Waals surface area contributed by atoms with Crippen LogP contribution in [0.2, 0.25) is 0 Å². The van der Waals surface area contributed by atoms with E-state index in [1.807, 2.05) is 44.2 Å². The van der Waals surface area contributed by atoms with E-state index in [0.717, 1.165) is 11.1 Å². The average molecular weight is 333 g/mol. The van der Waals surface area contributed by atoms with Crippen LogP contribution in [0.15, 0.2) is 42.0 Å². The maximum Gasteiger partial charge on any atom is 0.407 e. The van der Waals surface area contributed by atoms with Crippen LogP contribution in [0.3, 0.4) is 0 Å². The number of hydrogen-bond donors (Lipinski definition) is 3. The SMILES string of the molecule is CC(C)=CC[C@@H](NC(=O)CNC(=O)OCc1ccccc1)C(N)=O. The molecule has 1 atom stereocenters. The smallest absolute Gasteiger partial charge is 0.407 e. The molecule has 0 spiro atoms. The van der Waals surface area contributed by atoms with Crippen molar-refractivity contribution in [2.45, 2.75) is 32.9 Å². The van der Waals surface area contributed by atoms with E-state index in [0.29, 0.717) is 6.42 Å². The van der Waals surface area contributed by atoms with Gasteiger partial charge in [0, 0.05) is 0 Å². The second kappa shape index (κ2) is 10.0. The average Bonchev–Trinajstić information content (AvgIpc) is 2.55. The first kappa shape index (κ1) is 19.2. The van der Waals surface area contributed by atoms with Crippen LogP contribution in [0.1, 0.15) is 25.8 Å². The summed E-state index contributed by atoms with van der Waals surface area (Å²) < 4.78 is 4.98. The molecule has 1 aromatic carbocycles. The van der Waals surface area contributed by atoms with Crippen LogP contribution in [0.4, 0.5) is 4.79 Å². The Morgan fingerprint density at radius 2 is 1.88 bits per heavy atom. The number of nitrogens with one attached hydrogen (secondary N) is 2. The van der Waals surface area contributed by atoms with E-state index in [4.69, 9.17) is 10.5 Å². The number of amides is 3. The Bertz CT molecular complexity index is 595. The van der Waals surface area contributed by atoms with Gasteiger partial charge in [-0.2, -0.15) is 0 Å². The van der Waals surface area contributed by atoms with Crippen LogP contribution in [0.5, 0.6) is 0 Å². The van der Waals surface area contributed by atoms with Gasteiger partial charge in [-0.05, 0) is 25.8 Å². The quantitative estimate of drug-likeness (QED) is 0.622. The molecule has 0 aromatic heterocycles. The molecule has 0 aliphatic rings. The van der Waals surface area contributed by atoms with Crippen molar-refractivity contribution in [2.75, 3.05) is 6.54 Å². The summed E-state index contributed by atoms with van der Waals surface area (Å²) in [5.74, 6) is -1.15. The van der Waals surface area contributed by atoms with Crippen LogP contribution in [-0.2, 0) is 20.9 Å². The normalized spacial score (nSPS) is 11.1. The van der Waals surface area contributed by atoms with Gasteiger partial charge in [-0.3, -0.25) is 9.59 Å². The molecule has 0 fully saturated rings. The number of nitrogens with two attached hydrogens (primary N) is 1. The van der Waals surface area contributed by atoms with E-state index >= 15 is 0 Å². The third-order valence-electron chi connectivity index (χ3n) is 3.05. The minimum Gasteiger partial charge on any atom is -0.445 e. The van der Waals surface area contributed by atoms with Gasteiger partial charge >= 0.3 is 6.09 Å². The highest BCUT2D eigenvalue weighted by Crippen LogP contribution is 2.00. The maximum atomic E-state index is 11.8. The van der Waals surface area contributed by atoms with Gasteiger partial charge in [0.05, 0.1) is 0 Å². The van der Waals surface area contributed by atoms with Gasteiger partial charge in [-0.15, -0.1) is 0 Å². The molecule has 0 heterocycles. The van der Waals surface area contributed by atoms with Crippen molar-refractivity contribution in [3.63, 3.8) is 0 Å². The Labute approximate surface area is 141 Å². The molecular formula is C17H23N3O4. The van der Waals surface area contributed by atoms with Crippen LogP contribution < -0.4 is 16.4 Å². The van der Waals surface area contributed by atoms with E-state index in [-0.39, 0.29) is 13.2 Å².